The third-order valence-corrected chi connectivity index (χ3v) is 3.05. The third kappa shape index (κ3) is 3.66. The molecule has 0 aliphatic heterocycles. The van der Waals surface area contributed by atoms with Gasteiger partial charge in [-0.25, -0.2) is 4.98 Å². The Hall–Kier alpha value is -0.645. The summed E-state index contributed by atoms with van der Waals surface area (Å²) in [6.45, 7) is 6.80. The fourth-order valence-electron chi connectivity index (χ4n) is 0.860. The van der Waals surface area contributed by atoms with Gasteiger partial charge in [0.1, 0.15) is 0 Å². The van der Waals surface area contributed by atoms with E-state index in [1.54, 1.807) is 27.7 Å². The van der Waals surface area contributed by atoms with Crippen LogP contribution in [-0.4, -0.2) is 28.8 Å². The van der Waals surface area contributed by atoms with Gasteiger partial charge in [-0.3, -0.25) is 0 Å². The molecule has 0 aliphatic carbocycles. The second kappa shape index (κ2) is 4.92. The van der Waals surface area contributed by atoms with Gasteiger partial charge in [0.05, 0.1) is 16.2 Å². The van der Waals surface area contributed by atoms with Crippen LogP contribution in [-0.2, 0) is 4.65 Å². The molecular formula is C11H15BClFNO2. The summed E-state index contributed by atoms with van der Waals surface area (Å²) in [5.74, 6) is -0.717. The smallest absolute Gasteiger partial charge is 0.332 e. The van der Waals surface area contributed by atoms with Gasteiger partial charge in [-0.1, -0.05) is 11.6 Å². The molecule has 0 fully saturated rings. The average molecular weight is 259 g/mol. The number of hydrogen-bond acceptors (Lipinski definition) is 3. The summed E-state index contributed by atoms with van der Waals surface area (Å²) in [4.78, 5) is 3.47. The van der Waals surface area contributed by atoms with E-state index in [2.05, 4.69) is 4.98 Å². The lowest BCUT2D eigenvalue weighted by atomic mass is 9.83. The van der Waals surface area contributed by atoms with Crippen molar-refractivity contribution in [1.29, 1.82) is 0 Å². The van der Waals surface area contributed by atoms with E-state index in [0.717, 1.165) is 0 Å². The molecule has 1 aromatic heterocycles. The van der Waals surface area contributed by atoms with Gasteiger partial charge >= 0.3 is 7.48 Å². The zero-order valence-electron chi connectivity index (χ0n) is 10.3. The Morgan fingerprint density at radius 2 is 2.00 bits per heavy atom. The highest BCUT2D eigenvalue weighted by Crippen LogP contribution is 2.24. The molecule has 17 heavy (non-hydrogen) atoms. The van der Waals surface area contributed by atoms with Crippen molar-refractivity contribution >= 4 is 24.5 Å². The fraction of sp³-hybridized carbons (Fsp3) is 0.545. The molecule has 0 aromatic carbocycles. The van der Waals surface area contributed by atoms with Gasteiger partial charge in [0, 0.05) is 6.20 Å². The number of nitrogens with zero attached hydrogens (tertiary/aromatic N) is 1. The zero-order valence-corrected chi connectivity index (χ0v) is 11.0. The molecule has 1 rings (SSSR count). The molecule has 0 amide bonds. The fourth-order valence-corrected chi connectivity index (χ4v) is 1.03. The van der Waals surface area contributed by atoms with Crippen molar-refractivity contribution in [3.05, 3.63) is 23.2 Å². The van der Waals surface area contributed by atoms with Crippen LogP contribution >= 0.6 is 11.6 Å². The van der Waals surface area contributed by atoms with E-state index in [4.69, 9.17) is 16.3 Å². The van der Waals surface area contributed by atoms with Crippen LogP contribution in [0.4, 0.5) is 4.39 Å². The number of pyridine rings is 1. The quantitative estimate of drug-likeness (QED) is 0.660. The maximum absolute atomic E-state index is 12.8. The minimum atomic E-state index is -1.01. The van der Waals surface area contributed by atoms with Crippen LogP contribution < -0.4 is 5.46 Å². The number of aromatic nitrogens is 1. The van der Waals surface area contributed by atoms with Crippen LogP contribution in [0.15, 0.2) is 12.3 Å². The summed E-state index contributed by atoms with van der Waals surface area (Å²) in [5.41, 5.74) is -1.26. The number of hydrogen-bond donors (Lipinski definition) is 1. The summed E-state index contributed by atoms with van der Waals surface area (Å²) < 4.78 is 18.3. The van der Waals surface area contributed by atoms with E-state index in [1.165, 1.54) is 19.7 Å². The molecule has 3 nitrogen and oxygen atoms in total. The molecule has 0 bridgehead atoms. The summed E-state index contributed by atoms with van der Waals surface area (Å²) in [7, 11) is 1.40. The Bertz CT molecular complexity index is 407. The lowest BCUT2D eigenvalue weighted by molar-refractivity contribution is -0.0893. The normalized spacial score (nSPS) is 12.6. The topological polar surface area (TPSA) is 42.4 Å². The molecule has 0 saturated carbocycles. The number of aliphatic hydroxyl groups is 1. The number of rotatable bonds is 4. The standard InChI is InChI=1S/C11H15BClFNO2/c1-10(2,16)11(3,4)17-12-7-5-8(13)9(14)15-6-7/h5-6,16H,1-4H3. The Balaban J connectivity index is 2.71. The van der Waals surface area contributed by atoms with Crippen molar-refractivity contribution in [3.63, 3.8) is 0 Å². The molecule has 0 saturated heterocycles. The zero-order chi connectivity index (χ0) is 13.3. The van der Waals surface area contributed by atoms with Gasteiger partial charge in [0.15, 0.2) is 0 Å². The van der Waals surface area contributed by atoms with Crippen molar-refractivity contribution in [2.24, 2.45) is 0 Å². The van der Waals surface area contributed by atoms with E-state index in [-0.39, 0.29) is 5.02 Å². The molecule has 0 unspecified atom stereocenters. The Morgan fingerprint density at radius 1 is 1.41 bits per heavy atom. The Kier molecular flexibility index (Phi) is 4.17. The maximum atomic E-state index is 12.8. The summed E-state index contributed by atoms with van der Waals surface area (Å²) in [6.07, 6.45) is 1.31. The van der Waals surface area contributed by atoms with Crippen LogP contribution in [0.1, 0.15) is 27.7 Å². The van der Waals surface area contributed by atoms with Crippen LogP contribution in [0.25, 0.3) is 0 Å². The predicted molar refractivity (Wildman–Crippen MR) is 66.1 cm³/mol. The SMILES string of the molecule is CC(C)(O)C(C)(C)O[B]c1cnc(F)c(Cl)c1. The Morgan fingerprint density at radius 3 is 2.47 bits per heavy atom. The van der Waals surface area contributed by atoms with Crippen molar-refractivity contribution in [3.8, 4) is 0 Å². The van der Waals surface area contributed by atoms with Gasteiger partial charge in [0.2, 0.25) is 5.95 Å². The van der Waals surface area contributed by atoms with Crippen molar-refractivity contribution in [1.82, 2.24) is 4.98 Å². The molecular weight excluding hydrogens is 243 g/mol. The lowest BCUT2D eigenvalue weighted by Gasteiger charge is -2.37. The van der Waals surface area contributed by atoms with E-state index >= 15 is 0 Å². The highest BCUT2D eigenvalue weighted by Gasteiger charge is 2.35. The maximum Gasteiger partial charge on any atom is 0.332 e. The van der Waals surface area contributed by atoms with Gasteiger partial charge in [-0.05, 0) is 39.2 Å². The average Bonchev–Trinajstić information content (AvgIpc) is 2.18. The first-order chi connectivity index (χ1) is 7.63. The summed E-state index contributed by atoms with van der Waals surface area (Å²) in [6, 6.07) is 1.41. The second-order valence-corrected chi connectivity index (χ2v) is 5.25. The second-order valence-electron chi connectivity index (χ2n) is 4.85. The molecule has 93 valence electrons. The third-order valence-electron chi connectivity index (χ3n) is 2.78. The molecule has 1 N–H and O–H groups in total. The molecule has 0 spiro atoms. The first-order valence-corrected chi connectivity index (χ1v) is 5.56. The lowest BCUT2D eigenvalue weighted by Crippen LogP contribution is -2.49. The van der Waals surface area contributed by atoms with Crippen LogP contribution in [0.3, 0.4) is 0 Å². The molecule has 1 heterocycles. The molecule has 0 atom stereocenters. The summed E-state index contributed by atoms with van der Waals surface area (Å²) >= 11 is 5.59. The Labute approximate surface area is 106 Å². The van der Waals surface area contributed by atoms with Crippen LogP contribution in [0.5, 0.6) is 0 Å². The minimum Gasteiger partial charge on any atom is -0.427 e. The predicted octanol–water partition coefficient (Wildman–Crippen LogP) is 1.68. The van der Waals surface area contributed by atoms with Crippen molar-refractivity contribution in [2.45, 2.75) is 38.9 Å². The van der Waals surface area contributed by atoms with Gasteiger partial charge in [0.25, 0.3) is 0 Å². The van der Waals surface area contributed by atoms with Crippen molar-refractivity contribution in [2.75, 3.05) is 0 Å². The van der Waals surface area contributed by atoms with Gasteiger partial charge < -0.3 is 9.76 Å². The van der Waals surface area contributed by atoms with E-state index in [1.807, 2.05) is 0 Å². The highest BCUT2D eigenvalue weighted by molar-refractivity contribution is 6.47. The van der Waals surface area contributed by atoms with Crippen LogP contribution in [0.2, 0.25) is 5.02 Å². The first kappa shape index (κ1) is 14.4. The highest BCUT2D eigenvalue weighted by atomic mass is 35.5. The van der Waals surface area contributed by atoms with Crippen molar-refractivity contribution < 1.29 is 14.2 Å². The van der Waals surface area contributed by atoms with Crippen LogP contribution in [0, 0.1) is 5.95 Å². The number of halogens is 2. The van der Waals surface area contributed by atoms with E-state index in [0.29, 0.717) is 5.46 Å². The first-order valence-electron chi connectivity index (χ1n) is 5.18. The largest absolute Gasteiger partial charge is 0.427 e. The molecule has 1 aromatic rings. The molecule has 0 aliphatic rings. The minimum absolute atomic E-state index is 0.0663. The molecule has 6 heteroatoms. The van der Waals surface area contributed by atoms with Gasteiger partial charge in [-0.2, -0.15) is 4.39 Å². The molecule has 1 radical (unpaired) electrons. The van der Waals surface area contributed by atoms with E-state index < -0.39 is 17.1 Å². The monoisotopic (exact) mass is 258 g/mol. The summed E-state index contributed by atoms with van der Waals surface area (Å²) in [5, 5.41) is 9.81. The van der Waals surface area contributed by atoms with Gasteiger partial charge in [-0.15, -0.1) is 0 Å². The van der Waals surface area contributed by atoms with E-state index in [9.17, 15) is 9.50 Å².